The van der Waals surface area contributed by atoms with Crippen molar-refractivity contribution in [3.63, 3.8) is 0 Å². The van der Waals surface area contributed by atoms with Crippen molar-refractivity contribution in [3.8, 4) is 0 Å². The minimum Gasteiger partial charge on any atom is -0.201 e. The summed E-state index contributed by atoms with van der Waals surface area (Å²) in [6.45, 7) is 0. The summed E-state index contributed by atoms with van der Waals surface area (Å²) in [6.07, 6.45) is 8.99. The molecule has 0 atom stereocenters. The van der Waals surface area contributed by atoms with Crippen molar-refractivity contribution >= 4 is 11.5 Å². The predicted molar refractivity (Wildman–Crippen MR) is 47.9 cm³/mol. The van der Waals surface area contributed by atoms with Crippen molar-refractivity contribution in [3.05, 3.63) is 17.1 Å². The van der Waals surface area contributed by atoms with Crippen molar-refractivity contribution in [2.75, 3.05) is 0 Å². The molecule has 60 valence electrons. The average molecular weight is 167 g/mol. The fourth-order valence-corrected chi connectivity index (χ4v) is 2.57. The molecule has 0 saturated heterocycles. The molecule has 2 heteroatoms. The van der Waals surface area contributed by atoms with Crippen LogP contribution in [0.5, 0.6) is 0 Å². The van der Waals surface area contributed by atoms with Gasteiger partial charge in [0, 0.05) is 11.1 Å². The van der Waals surface area contributed by atoms with Gasteiger partial charge < -0.3 is 0 Å². The van der Waals surface area contributed by atoms with Gasteiger partial charge in [0.15, 0.2) is 0 Å². The highest BCUT2D eigenvalue weighted by Gasteiger charge is 2.15. The Balaban J connectivity index is 2.04. The Bertz CT molecular complexity index is 199. The van der Waals surface area contributed by atoms with E-state index in [9.17, 15) is 0 Å². The second-order valence-electron chi connectivity index (χ2n) is 3.25. The molecule has 1 aromatic heterocycles. The highest BCUT2D eigenvalue weighted by atomic mass is 32.1. The van der Waals surface area contributed by atoms with Gasteiger partial charge in [0.25, 0.3) is 0 Å². The van der Waals surface area contributed by atoms with E-state index in [1.807, 2.05) is 6.20 Å². The first-order chi connectivity index (χ1) is 5.47. The quantitative estimate of drug-likeness (QED) is 0.626. The molecule has 1 aliphatic carbocycles. The smallest absolute Gasteiger partial charge is 0.0409 e. The SMILES string of the molecule is c1cc(C2CCCCC2)sn1. The lowest BCUT2D eigenvalue weighted by Crippen LogP contribution is -2.01. The molecule has 1 saturated carbocycles. The van der Waals surface area contributed by atoms with E-state index in [0.717, 1.165) is 5.92 Å². The van der Waals surface area contributed by atoms with E-state index in [1.165, 1.54) is 37.0 Å². The Labute approximate surface area is 71.6 Å². The topological polar surface area (TPSA) is 12.9 Å². The zero-order chi connectivity index (χ0) is 7.52. The van der Waals surface area contributed by atoms with E-state index in [4.69, 9.17) is 0 Å². The minimum absolute atomic E-state index is 0.844. The fraction of sp³-hybridized carbons (Fsp3) is 0.667. The molecule has 1 heterocycles. The van der Waals surface area contributed by atoms with E-state index in [1.54, 1.807) is 11.5 Å². The van der Waals surface area contributed by atoms with Gasteiger partial charge in [0.05, 0.1) is 0 Å². The van der Waals surface area contributed by atoms with Gasteiger partial charge in [-0.25, -0.2) is 4.37 Å². The molecule has 0 bridgehead atoms. The molecule has 1 aliphatic rings. The Morgan fingerprint density at radius 1 is 1.27 bits per heavy atom. The first-order valence-corrected chi connectivity index (χ1v) is 5.15. The zero-order valence-electron chi connectivity index (χ0n) is 6.62. The summed E-state index contributed by atoms with van der Waals surface area (Å²) >= 11 is 1.68. The molecule has 0 radical (unpaired) electrons. The van der Waals surface area contributed by atoms with Crippen LogP contribution in [0.4, 0.5) is 0 Å². The maximum absolute atomic E-state index is 4.14. The molecule has 11 heavy (non-hydrogen) atoms. The van der Waals surface area contributed by atoms with Crippen molar-refractivity contribution in [2.24, 2.45) is 0 Å². The molecule has 1 aromatic rings. The van der Waals surface area contributed by atoms with Crippen molar-refractivity contribution in [2.45, 2.75) is 38.0 Å². The lowest BCUT2D eigenvalue weighted by molar-refractivity contribution is 0.448. The first-order valence-electron chi connectivity index (χ1n) is 4.37. The van der Waals surface area contributed by atoms with Crippen LogP contribution in [0.25, 0.3) is 0 Å². The lowest BCUT2D eigenvalue weighted by Gasteiger charge is -2.19. The molecular formula is C9H13NS. The van der Waals surface area contributed by atoms with E-state index < -0.39 is 0 Å². The lowest BCUT2D eigenvalue weighted by atomic mass is 9.88. The predicted octanol–water partition coefficient (Wildman–Crippen LogP) is 3.19. The molecule has 0 aliphatic heterocycles. The van der Waals surface area contributed by atoms with E-state index in [0.29, 0.717) is 0 Å². The van der Waals surface area contributed by atoms with Gasteiger partial charge in [-0.1, -0.05) is 19.3 Å². The molecule has 1 nitrogen and oxygen atoms in total. The molecule has 0 unspecified atom stereocenters. The molecule has 1 fully saturated rings. The van der Waals surface area contributed by atoms with Gasteiger partial charge in [-0.3, -0.25) is 0 Å². The normalized spacial score (nSPS) is 20.4. The van der Waals surface area contributed by atoms with Crippen LogP contribution in [0.2, 0.25) is 0 Å². The summed E-state index contributed by atoms with van der Waals surface area (Å²) in [5.41, 5.74) is 0. The third-order valence-electron chi connectivity index (χ3n) is 2.47. The van der Waals surface area contributed by atoms with Gasteiger partial charge in [-0.15, -0.1) is 0 Å². The standard InChI is InChI=1S/C9H13NS/c1-2-4-8(5-3-1)9-6-7-10-11-9/h6-8H,1-5H2. The maximum Gasteiger partial charge on any atom is 0.0409 e. The summed E-state index contributed by atoms with van der Waals surface area (Å²) in [6, 6.07) is 2.18. The molecule has 0 N–H and O–H groups in total. The first kappa shape index (κ1) is 7.29. The fourth-order valence-electron chi connectivity index (χ4n) is 1.82. The van der Waals surface area contributed by atoms with Crippen LogP contribution in [0.15, 0.2) is 12.3 Å². The summed E-state index contributed by atoms with van der Waals surface area (Å²) in [4.78, 5) is 1.50. The molecule has 2 rings (SSSR count). The van der Waals surface area contributed by atoms with Crippen LogP contribution in [-0.2, 0) is 0 Å². The van der Waals surface area contributed by atoms with Gasteiger partial charge >= 0.3 is 0 Å². The summed E-state index contributed by atoms with van der Waals surface area (Å²) in [5.74, 6) is 0.844. The molecule has 0 aromatic carbocycles. The number of hydrogen-bond acceptors (Lipinski definition) is 2. The highest BCUT2D eigenvalue weighted by Crippen LogP contribution is 2.33. The van der Waals surface area contributed by atoms with Crippen LogP contribution < -0.4 is 0 Å². The second kappa shape index (κ2) is 3.35. The largest absolute Gasteiger partial charge is 0.201 e. The number of rotatable bonds is 1. The van der Waals surface area contributed by atoms with Crippen molar-refractivity contribution < 1.29 is 0 Å². The summed E-state index contributed by atoms with van der Waals surface area (Å²) in [5, 5.41) is 0. The Morgan fingerprint density at radius 3 is 2.73 bits per heavy atom. The van der Waals surface area contributed by atoms with Crippen LogP contribution >= 0.6 is 11.5 Å². The van der Waals surface area contributed by atoms with Crippen LogP contribution in [0.1, 0.15) is 42.9 Å². The number of aromatic nitrogens is 1. The van der Waals surface area contributed by atoms with E-state index in [2.05, 4.69) is 10.4 Å². The van der Waals surface area contributed by atoms with Crippen LogP contribution in [0, 0.1) is 0 Å². The maximum atomic E-state index is 4.14. The third-order valence-corrected chi connectivity index (χ3v) is 3.37. The van der Waals surface area contributed by atoms with Gasteiger partial charge in [-0.2, -0.15) is 0 Å². The average Bonchev–Trinajstić information content (AvgIpc) is 2.58. The highest BCUT2D eigenvalue weighted by molar-refractivity contribution is 7.05. The van der Waals surface area contributed by atoms with Crippen LogP contribution in [-0.4, -0.2) is 4.37 Å². The van der Waals surface area contributed by atoms with Crippen molar-refractivity contribution in [1.82, 2.24) is 4.37 Å². The molecule has 0 amide bonds. The van der Waals surface area contributed by atoms with Gasteiger partial charge in [-0.05, 0) is 36.4 Å². The minimum atomic E-state index is 0.844. The van der Waals surface area contributed by atoms with E-state index >= 15 is 0 Å². The molecular weight excluding hydrogens is 154 g/mol. The Kier molecular flexibility index (Phi) is 2.22. The van der Waals surface area contributed by atoms with Crippen molar-refractivity contribution in [1.29, 1.82) is 0 Å². The summed E-state index contributed by atoms with van der Waals surface area (Å²) < 4.78 is 4.14. The summed E-state index contributed by atoms with van der Waals surface area (Å²) in [7, 11) is 0. The third kappa shape index (κ3) is 1.62. The number of hydrogen-bond donors (Lipinski definition) is 0. The Hall–Kier alpha value is -0.370. The zero-order valence-corrected chi connectivity index (χ0v) is 7.44. The van der Waals surface area contributed by atoms with E-state index in [-0.39, 0.29) is 0 Å². The Morgan fingerprint density at radius 2 is 2.09 bits per heavy atom. The molecule has 0 spiro atoms. The van der Waals surface area contributed by atoms with Gasteiger partial charge in [0.2, 0.25) is 0 Å². The van der Waals surface area contributed by atoms with Gasteiger partial charge in [0.1, 0.15) is 0 Å². The monoisotopic (exact) mass is 167 g/mol. The second-order valence-corrected chi connectivity index (χ2v) is 4.11. The number of nitrogens with zero attached hydrogens (tertiary/aromatic N) is 1. The van der Waals surface area contributed by atoms with Crippen LogP contribution in [0.3, 0.4) is 0 Å².